The van der Waals surface area contributed by atoms with Gasteiger partial charge in [0.05, 0.1) is 11.9 Å². The van der Waals surface area contributed by atoms with Gasteiger partial charge in [-0.05, 0) is 24.0 Å². The minimum atomic E-state index is -2.96. The van der Waals surface area contributed by atoms with E-state index < -0.39 is 9.84 Å². The lowest BCUT2D eigenvalue weighted by atomic mass is 9.96. The average Bonchev–Trinajstić information content (AvgIpc) is 3.00. The van der Waals surface area contributed by atoms with Crippen molar-refractivity contribution in [3.8, 4) is 11.1 Å². The number of nitrogens with one attached hydrogen (secondary N) is 1. The van der Waals surface area contributed by atoms with Crippen LogP contribution in [-0.4, -0.2) is 30.6 Å². The number of nitrogens with zero attached hydrogens (tertiary/aromatic N) is 1. The molecule has 1 aliphatic rings. The third-order valence-electron chi connectivity index (χ3n) is 3.87. The van der Waals surface area contributed by atoms with Gasteiger partial charge in [0.2, 0.25) is 0 Å². The highest BCUT2D eigenvalue weighted by Gasteiger charge is 2.46. The Kier molecular flexibility index (Phi) is 2.86. The molecular weight excluding hydrogens is 274 g/mol. The van der Waals surface area contributed by atoms with Crippen LogP contribution in [-0.2, 0) is 15.3 Å². The quantitative estimate of drug-likeness (QED) is 0.898. The second kappa shape index (κ2) is 4.34. The zero-order valence-electron chi connectivity index (χ0n) is 11.3. The molecule has 0 radical (unpaired) electrons. The third-order valence-corrected chi connectivity index (χ3v) is 4.95. The first kappa shape index (κ1) is 13.2. The number of nitrogens with two attached hydrogens (primary N) is 1. The van der Waals surface area contributed by atoms with E-state index in [-0.39, 0.29) is 11.2 Å². The van der Waals surface area contributed by atoms with Crippen LogP contribution in [0.4, 0.5) is 5.82 Å². The molecule has 0 saturated heterocycles. The van der Waals surface area contributed by atoms with Crippen molar-refractivity contribution in [3.63, 3.8) is 0 Å². The first-order chi connectivity index (χ1) is 9.40. The minimum Gasteiger partial charge on any atom is -0.384 e. The highest BCUT2D eigenvalue weighted by atomic mass is 32.2. The fourth-order valence-electron chi connectivity index (χ4n) is 2.70. The third kappa shape index (κ3) is 2.43. The van der Waals surface area contributed by atoms with Gasteiger partial charge in [-0.25, -0.2) is 8.42 Å². The normalized spacial score (nSPS) is 17.1. The standard InChI is InChI=1S/C14H17N3O2S/c1-20(18,19)9-14(6-7-14)11-4-2-10(3-5-11)12-8-16-17-13(12)15/h2-5,8H,6-7,9H2,1H3,(H3,15,16,17). The van der Waals surface area contributed by atoms with Gasteiger partial charge in [-0.1, -0.05) is 24.3 Å². The van der Waals surface area contributed by atoms with E-state index in [0.29, 0.717) is 5.82 Å². The number of nitrogen functional groups attached to an aromatic ring is 1. The number of aromatic amines is 1. The zero-order chi connectivity index (χ0) is 14.4. The molecule has 1 fully saturated rings. The summed E-state index contributed by atoms with van der Waals surface area (Å²) >= 11 is 0. The number of hydrogen-bond donors (Lipinski definition) is 2. The monoisotopic (exact) mass is 291 g/mol. The molecule has 0 bridgehead atoms. The van der Waals surface area contributed by atoms with Crippen molar-refractivity contribution in [2.24, 2.45) is 0 Å². The Bertz CT molecular complexity index is 728. The molecule has 3 rings (SSSR count). The van der Waals surface area contributed by atoms with Crippen molar-refractivity contribution in [1.29, 1.82) is 0 Å². The molecule has 20 heavy (non-hydrogen) atoms. The van der Waals surface area contributed by atoms with Crippen LogP contribution in [0.2, 0.25) is 0 Å². The van der Waals surface area contributed by atoms with Crippen LogP contribution in [0.1, 0.15) is 18.4 Å². The topological polar surface area (TPSA) is 88.8 Å². The number of anilines is 1. The molecule has 106 valence electrons. The SMILES string of the molecule is CS(=O)(=O)CC1(c2ccc(-c3cn[nH]c3N)cc2)CC1. The summed E-state index contributed by atoms with van der Waals surface area (Å²) in [5.41, 5.74) is 8.56. The van der Waals surface area contributed by atoms with E-state index in [9.17, 15) is 8.42 Å². The Balaban J connectivity index is 1.89. The van der Waals surface area contributed by atoms with Gasteiger partial charge in [0.15, 0.2) is 0 Å². The lowest BCUT2D eigenvalue weighted by molar-refractivity contribution is 0.592. The summed E-state index contributed by atoms with van der Waals surface area (Å²) in [6.45, 7) is 0. The molecule has 0 spiro atoms. The van der Waals surface area contributed by atoms with Crippen LogP contribution in [0.25, 0.3) is 11.1 Å². The van der Waals surface area contributed by atoms with Crippen molar-refractivity contribution in [3.05, 3.63) is 36.0 Å². The lowest BCUT2D eigenvalue weighted by Crippen LogP contribution is -2.19. The van der Waals surface area contributed by atoms with Gasteiger partial charge < -0.3 is 5.73 Å². The van der Waals surface area contributed by atoms with E-state index >= 15 is 0 Å². The van der Waals surface area contributed by atoms with Crippen molar-refractivity contribution in [2.45, 2.75) is 18.3 Å². The van der Waals surface area contributed by atoms with Crippen molar-refractivity contribution in [1.82, 2.24) is 10.2 Å². The average molecular weight is 291 g/mol. The molecule has 1 heterocycles. The van der Waals surface area contributed by atoms with Gasteiger partial charge >= 0.3 is 0 Å². The summed E-state index contributed by atoms with van der Waals surface area (Å²) in [6.07, 6.45) is 4.86. The summed E-state index contributed by atoms with van der Waals surface area (Å²) < 4.78 is 23.1. The second-order valence-corrected chi connectivity index (χ2v) is 7.77. The molecule has 2 aromatic rings. The highest BCUT2D eigenvalue weighted by molar-refractivity contribution is 7.90. The van der Waals surface area contributed by atoms with Gasteiger partial charge in [-0.3, -0.25) is 5.10 Å². The smallest absolute Gasteiger partial charge is 0.148 e. The van der Waals surface area contributed by atoms with E-state index in [1.165, 1.54) is 6.26 Å². The molecule has 1 saturated carbocycles. The largest absolute Gasteiger partial charge is 0.384 e. The number of aromatic nitrogens is 2. The Morgan fingerprint density at radius 1 is 1.30 bits per heavy atom. The Morgan fingerprint density at radius 2 is 1.95 bits per heavy atom. The molecule has 0 unspecified atom stereocenters. The Labute approximate surface area is 118 Å². The number of benzene rings is 1. The van der Waals surface area contributed by atoms with Crippen LogP contribution < -0.4 is 5.73 Å². The first-order valence-corrected chi connectivity index (χ1v) is 8.53. The fraction of sp³-hybridized carbons (Fsp3) is 0.357. The van der Waals surface area contributed by atoms with E-state index in [1.54, 1.807) is 6.20 Å². The molecule has 6 heteroatoms. The zero-order valence-corrected chi connectivity index (χ0v) is 12.1. The lowest BCUT2D eigenvalue weighted by Gasteiger charge is -2.14. The number of H-pyrrole nitrogens is 1. The summed E-state index contributed by atoms with van der Waals surface area (Å²) in [5.74, 6) is 0.766. The van der Waals surface area contributed by atoms with Crippen LogP contribution in [0.3, 0.4) is 0 Å². The highest BCUT2D eigenvalue weighted by Crippen LogP contribution is 2.49. The second-order valence-electron chi connectivity index (χ2n) is 5.63. The molecule has 0 atom stereocenters. The Hall–Kier alpha value is -1.82. The van der Waals surface area contributed by atoms with Crippen molar-refractivity contribution < 1.29 is 8.42 Å². The van der Waals surface area contributed by atoms with Crippen molar-refractivity contribution >= 4 is 15.7 Å². The Morgan fingerprint density at radius 3 is 2.40 bits per heavy atom. The minimum absolute atomic E-state index is 0.173. The molecule has 1 aromatic carbocycles. The van der Waals surface area contributed by atoms with Gasteiger partial charge in [0.25, 0.3) is 0 Å². The molecule has 5 nitrogen and oxygen atoms in total. The molecule has 1 aliphatic carbocycles. The number of sulfone groups is 1. The van der Waals surface area contributed by atoms with Crippen molar-refractivity contribution in [2.75, 3.05) is 17.7 Å². The van der Waals surface area contributed by atoms with Gasteiger partial charge in [0, 0.05) is 17.2 Å². The summed E-state index contributed by atoms with van der Waals surface area (Å²) in [6, 6.07) is 7.94. The van der Waals surface area contributed by atoms with Crippen LogP contribution in [0.15, 0.2) is 30.5 Å². The van der Waals surface area contributed by atoms with Gasteiger partial charge in [-0.15, -0.1) is 0 Å². The van der Waals surface area contributed by atoms with Gasteiger partial charge in [-0.2, -0.15) is 5.10 Å². The molecule has 1 aromatic heterocycles. The summed E-state index contributed by atoms with van der Waals surface area (Å²) in [4.78, 5) is 0. The molecule has 3 N–H and O–H groups in total. The van der Waals surface area contributed by atoms with E-state index in [0.717, 1.165) is 29.5 Å². The predicted molar refractivity (Wildman–Crippen MR) is 79.1 cm³/mol. The number of hydrogen-bond acceptors (Lipinski definition) is 4. The van der Waals surface area contributed by atoms with E-state index in [1.807, 2.05) is 24.3 Å². The maximum absolute atomic E-state index is 11.5. The summed E-state index contributed by atoms with van der Waals surface area (Å²) in [5, 5.41) is 6.60. The van der Waals surface area contributed by atoms with Crippen LogP contribution >= 0.6 is 0 Å². The first-order valence-electron chi connectivity index (χ1n) is 6.47. The fourth-order valence-corrected chi connectivity index (χ4v) is 4.16. The number of rotatable bonds is 4. The predicted octanol–water partition coefficient (Wildman–Crippen LogP) is 1.74. The summed E-state index contributed by atoms with van der Waals surface area (Å²) in [7, 11) is -2.96. The van der Waals surface area contributed by atoms with Crippen LogP contribution in [0, 0.1) is 0 Å². The molecule has 0 amide bonds. The maximum Gasteiger partial charge on any atom is 0.148 e. The van der Waals surface area contributed by atoms with E-state index in [2.05, 4.69) is 10.2 Å². The molecule has 0 aliphatic heterocycles. The van der Waals surface area contributed by atoms with Crippen LogP contribution in [0.5, 0.6) is 0 Å². The maximum atomic E-state index is 11.5. The molecular formula is C14H17N3O2S. The van der Waals surface area contributed by atoms with Gasteiger partial charge in [0.1, 0.15) is 15.7 Å². The van der Waals surface area contributed by atoms with E-state index in [4.69, 9.17) is 5.73 Å².